The van der Waals surface area contributed by atoms with Crippen molar-refractivity contribution in [2.45, 2.75) is 51.6 Å². The third-order valence-electron chi connectivity index (χ3n) is 4.87. The van der Waals surface area contributed by atoms with Crippen molar-refractivity contribution in [3.63, 3.8) is 0 Å². The first-order chi connectivity index (χ1) is 10.4. The molecule has 0 unspecified atom stereocenters. The predicted octanol–water partition coefficient (Wildman–Crippen LogP) is 2.82. The van der Waals surface area contributed by atoms with Gasteiger partial charge in [-0.05, 0) is 30.4 Å². The fourth-order valence-corrected chi connectivity index (χ4v) is 3.94. The molecule has 2 aromatic rings. The van der Waals surface area contributed by atoms with Crippen molar-refractivity contribution in [1.29, 1.82) is 0 Å². The van der Waals surface area contributed by atoms with E-state index in [0.29, 0.717) is 6.04 Å². The van der Waals surface area contributed by atoms with Crippen LogP contribution in [0.15, 0.2) is 24.3 Å². The smallest absolute Gasteiger partial charge is 0.109 e. The quantitative estimate of drug-likeness (QED) is 0.937. The van der Waals surface area contributed by atoms with Crippen molar-refractivity contribution in [3.05, 3.63) is 52.6 Å². The van der Waals surface area contributed by atoms with Gasteiger partial charge >= 0.3 is 0 Å². The monoisotopic (exact) mass is 281 g/mol. The van der Waals surface area contributed by atoms with Crippen molar-refractivity contribution in [1.82, 2.24) is 14.9 Å². The van der Waals surface area contributed by atoms with E-state index in [2.05, 4.69) is 41.1 Å². The summed E-state index contributed by atoms with van der Waals surface area (Å²) >= 11 is 0. The first-order valence-electron chi connectivity index (χ1n) is 8.23. The van der Waals surface area contributed by atoms with E-state index in [-0.39, 0.29) is 0 Å². The SMILES string of the molecule is CCCc1nc2c(n1C1Cc3ccccc3C1)CCNC2. The van der Waals surface area contributed by atoms with Gasteiger partial charge in [-0.3, -0.25) is 0 Å². The first-order valence-corrected chi connectivity index (χ1v) is 8.23. The summed E-state index contributed by atoms with van der Waals surface area (Å²) in [4.78, 5) is 4.95. The molecule has 0 atom stereocenters. The summed E-state index contributed by atoms with van der Waals surface area (Å²) in [7, 11) is 0. The Balaban J connectivity index is 1.73. The van der Waals surface area contributed by atoms with Crippen LogP contribution in [0.4, 0.5) is 0 Å². The third kappa shape index (κ3) is 2.20. The number of hydrogen-bond donors (Lipinski definition) is 1. The maximum atomic E-state index is 4.95. The Kier molecular flexibility index (Phi) is 3.30. The van der Waals surface area contributed by atoms with Gasteiger partial charge in [-0.2, -0.15) is 0 Å². The zero-order valence-electron chi connectivity index (χ0n) is 12.7. The Labute approximate surface area is 126 Å². The van der Waals surface area contributed by atoms with Crippen molar-refractivity contribution < 1.29 is 0 Å². The molecule has 1 aliphatic heterocycles. The van der Waals surface area contributed by atoms with E-state index in [4.69, 9.17) is 4.98 Å². The highest BCUT2D eigenvalue weighted by molar-refractivity contribution is 5.34. The second-order valence-corrected chi connectivity index (χ2v) is 6.30. The molecule has 2 aliphatic rings. The van der Waals surface area contributed by atoms with Crippen LogP contribution in [-0.4, -0.2) is 16.1 Å². The van der Waals surface area contributed by atoms with Crippen LogP contribution in [-0.2, 0) is 32.2 Å². The largest absolute Gasteiger partial charge is 0.328 e. The van der Waals surface area contributed by atoms with Crippen molar-refractivity contribution in [2.24, 2.45) is 0 Å². The Morgan fingerprint density at radius 2 is 2.00 bits per heavy atom. The maximum Gasteiger partial charge on any atom is 0.109 e. The highest BCUT2D eigenvalue weighted by Crippen LogP contribution is 2.33. The van der Waals surface area contributed by atoms with E-state index >= 15 is 0 Å². The zero-order valence-corrected chi connectivity index (χ0v) is 12.7. The maximum absolute atomic E-state index is 4.95. The minimum Gasteiger partial charge on any atom is -0.328 e. The summed E-state index contributed by atoms with van der Waals surface area (Å²) in [6.07, 6.45) is 5.73. The summed E-state index contributed by atoms with van der Waals surface area (Å²) in [6, 6.07) is 9.50. The van der Waals surface area contributed by atoms with Crippen LogP contribution in [0.5, 0.6) is 0 Å². The lowest BCUT2D eigenvalue weighted by molar-refractivity contribution is 0.477. The molecule has 2 heterocycles. The second kappa shape index (κ2) is 5.30. The average molecular weight is 281 g/mol. The molecule has 1 aromatic carbocycles. The zero-order chi connectivity index (χ0) is 14.2. The van der Waals surface area contributed by atoms with Gasteiger partial charge in [0.2, 0.25) is 0 Å². The fraction of sp³-hybridized carbons (Fsp3) is 0.500. The van der Waals surface area contributed by atoms with E-state index in [1.807, 2.05) is 0 Å². The third-order valence-corrected chi connectivity index (χ3v) is 4.87. The van der Waals surface area contributed by atoms with Crippen molar-refractivity contribution in [3.8, 4) is 0 Å². The van der Waals surface area contributed by atoms with Gasteiger partial charge in [0, 0.05) is 37.7 Å². The lowest BCUT2D eigenvalue weighted by Crippen LogP contribution is -2.26. The summed E-state index contributed by atoms with van der Waals surface area (Å²) in [6.45, 7) is 4.28. The molecule has 0 radical (unpaired) electrons. The van der Waals surface area contributed by atoms with Crippen LogP contribution in [0.2, 0.25) is 0 Å². The Morgan fingerprint density at radius 1 is 1.24 bits per heavy atom. The van der Waals surface area contributed by atoms with Gasteiger partial charge in [0.15, 0.2) is 0 Å². The van der Waals surface area contributed by atoms with Crippen molar-refractivity contribution >= 4 is 0 Å². The highest BCUT2D eigenvalue weighted by Gasteiger charge is 2.28. The fourth-order valence-electron chi connectivity index (χ4n) is 3.94. The number of imidazole rings is 1. The summed E-state index contributed by atoms with van der Waals surface area (Å²) < 4.78 is 2.60. The molecule has 3 nitrogen and oxygen atoms in total. The van der Waals surface area contributed by atoms with Gasteiger partial charge in [0.05, 0.1) is 5.69 Å². The summed E-state index contributed by atoms with van der Waals surface area (Å²) in [5, 5.41) is 3.46. The van der Waals surface area contributed by atoms with Gasteiger partial charge < -0.3 is 9.88 Å². The molecule has 1 aromatic heterocycles. The minimum atomic E-state index is 0.582. The summed E-state index contributed by atoms with van der Waals surface area (Å²) in [5.41, 5.74) is 5.85. The Hall–Kier alpha value is -1.61. The number of hydrogen-bond acceptors (Lipinski definition) is 2. The number of benzene rings is 1. The molecular formula is C18H23N3. The number of rotatable bonds is 3. The van der Waals surface area contributed by atoms with Gasteiger partial charge in [0.25, 0.3) is 0 Å². The van der Waals surface area contributed by atoms with E-state index in [1.165, 1.54) is 47.6 Å². The molecule has 0 amide bonds. The molecule has 3 heteroatoms. The number of fused-ring (bicyclic) bond motifs is 2. The predicted molar refractivity (Wildman–Crippen MR) is 84.5 cm³/mol. The van der Waals surface area contributed by atoms with Crippen LogP contribution in [0.1, 0.15) is 47.7 Å². The standard InChI is InChI=1S/C18H23N3/c1-2-5-18-20-16-12-19-9-8-17(16)21(18)15-10-13-6-3-4-7-14(13)11-15/h3-4,6-7,15,19H,2,5,8-12H2,1H3. The van der Waals surface area contributed by atoms with Crippen LogP contribution in [0, 0.1) is 0 Å². The topological polar surface area (TPSA) is 29.9 Å². The van der Waals surface area contributed by atoms with Crippen LogP contribution in [0.25, 0.3) is 0 Å². The molecule has 0 saturated carbocycles. The minimum absolute atomic E-state index is 0.582. The van der Waals surface area contributed by atoms with E-state index in [1.54, 1.807) is 0 Å². The van der Waals surface area contributed by atoms with Crippen molar-refractivity contribution in [2.75, 3.05) is 6.54 Å². The number of nitrogens with zero attached hydrogens (tertiary/aromatic N) is 2. The van der Waals surface area contributed by atoms with Crippen LogP contribution in [0.3, 0.4) is 0 Å². The van der Waals surface area contributed by atoms with Gasteiger partial charge in [-0.1, -0.05) is 31.2 Å². The summed E-state index contributed by atoms with van der Waals surface area (Å²) in [5.74, 6) is 1.31. The number of aromatic nitrogens is 2. The molecule has 21 heavy (non-hydrogen) atoms. The first kappa shape index (κ1) is 13.1. The molecule has 0 bridgehead atoms. The molecule has 1 N–H and O–H groups in total. The van der Waals surface area contributed by atoms with E-state index < -0.39 is 0 Å². The second-order valence-electron chi connectivity index (χ2n) is 6.30. The normalized spacial score (nSPS) is 17.8. The van der Waals surface area contributed by atoms with E-state index in [0.717, 1.165) is 25.9 Å². The molecule has 110 valence electrons. The molecule has 1 aliphatic carbocycles. The number of aryl methyl sites for hydroxylation is 1. The lowest BCUT2D eigenvalue weighted by atomic mass is 10.1. The Bertz CT molecular complexity index is 631. The molecule has 4 rings (SSSR count). The van der Waals surface area contributed by atoms with Crippen LogP contribution < -0.4 is 5.32 Å². The highest BCUT2D eigenvalue weighted by atomic mass is 15.1. The average Bonchev–Trinajstić information content (AvgIpc) is 3.07. The number of nitrogens with one attached hydrogen (secondary N) is 1. The van der Waals surface area contributed by atoms with Gasteiger partial charge in [0.1, 0.15) is 5.82 Å². The molecule has 0 fully saturated rings. The molecular weight excluding hydrogens is 258 g/mol. The van der Waals surface area contributed by atoms with Gasteiger partial charge in [-0.15, -0.1) is 0 Å². The van der Waals surface area contributed by atoms with E-state index in [9.17, 15) is 0 Å². The van der Waals surface area contributed by atoms with Gasteiger partial charge in [-0.25, -0.2) is 4.98 Å². The van der Waals surface area contributed by atoms with Crippen LogP contribution >= 0.6 is 0 Å². The molecule has 0 spiro atoms. The molecule has 0 saturated heterocycles. The Morgan fingerprint density at radius 3 is 2.71 bits per heavy atom. The lowest BCUT2D eigenvalue weighted by Gasteiger charge is -2.21.